The van der Waals surface area contributed by atoms with E-state index in [9.17, 15) is 9.59 Å². The second-order valence-electron chi connectivity index (χ2n) is 4.66. The third-order valence-corrected chi connectivity index (χ3v) is 3.15. The van der Waals surface area contributed by atoms with E-state index >= 15 is 0 Å². The zero-order valence-electron chi connectivity index (χ0n) is 10.8. The number of urea groups is 1. The lowest BCUT2D eigenvalue weighted by Crippen LogP contribution is -2.51. The van der Waals surface area contributed by atoms with E-state index in [4.69, 9.17) is 0 Å². The predicted octanol–water partition coefficient (Wildman–Crippen LogP) is 2.39. The molecule has 96 valence electrons. The molecule has 4 heteroatoms. The number of hydrogen-bond donors (Lipinski definition) is 1. The summed E-state index contributed by atoms with van der Waals surface area (Å²) in [6, 6.07) is 7.43. The average molecular weight is 246 g/mol. The summed E-state index contributed by atoms with van der Waals surface area (Å²) in [4.78, 5) is 25.0. The highest BCUT2D eigenvalue weighted by molar-refractivity contribution is 5.97. The smallest absolute Gasteiger partial charge is 0.324 e. The van der Waals surface area contributed by atoms with Crippen LogP contribution in [0.2, 0.25) is 0 Å². The molecule has 0 spiro atoms. The SMILES string of the molecule is CCCN1C(=O)CC(c2ccc(C)cc2)NC1=O. The van der Waals surface area contributed by atoms with Crippen molar-refractivity contribution in [3.05, 3.63) is 35.4 Å². The van der Waals surface area contributed by atoms with Gasteiger partial charge in [-0.25, -0.2) is 4.79 Å². The van der Waals surface area contributed by atoms with Gasteiger partial charge in [-0.1, -0.05) is 36.8 Å². The van der Waals surface area contributed by atoms with E-state index in [1.165, 1.54) is 10.5 Å². The Morgan fingerprint density at radius 3 is 2.50 bits per heavy atom. The van der Waals surface area contributed by atoms with E-state index in [0.717, 1.165) is 12.0 Å². The van der Waals surface area contributed by atoms with Crippen molar-refractivity contribution in [1.29, 1.82) is 0 Å². The summed E-state index contributed by atoms with van der Waals surface area (Å²) in [5, 5.41) is 2.88. The number of benzene rings is 1. The van der Waals surface area contributed by atoms with E-state index in [0.29, 0.717) is 13.0 Å². The molecular formula is C14H18N2O2. The number of aryl methyl sites for hydroxylation is 1. The zero-order chi connectivity index (χ0) is 13.1. The maximum Gasteiger partial charge on any atom is 0.324 e. The molecule has 0 aliphatic carbocycles. The largest absolute Gasteiger partial charge is 0.330 e. The van der Waals surface area contributed by atoms with Gasteiger partial charge in [0.2, 0.25) is 5.91 Å². The average Bonchev–Trinajstić information content (AvgIpc) is 2.34. The molecule has 1 aliphatic rings. The lowest BCUT2D eigenvalue weighted by molar-refractivity contribution is -0.130. The minimum absolute atomic E-state index is 0.0915. The lowest BCUT2D eigenvalue weighted by atomic mass is 10.0. The van der Waals surface area contributed by atoms with Crippen LogP contribution >= 0.6 is 0 Å². The molecule has 18 heavy (non-hydrogen) atoms. The summed E-state index contributed by atoms with van der Waals surface area (Å²) in [6.45, 7) is 4.45. The number of carbonyl (C=O) groups excluding carboxylic acids is 2. The minimum Gasteiger partial charge on any atom is -0.330 e. The van der Waals surface area contributed by atoms with Gasteiger partial charge in [-0.3, -0.25) is 9.69 Å². The fraction of sp³-hybridized carbons (Fsp3) is 0.429. The standard InChI is InChI=1S/C14H18N2O2/c1-3-8-16-13(17)9-12(15-14(16)18)11-6-4-10(2)5-7-11/h4-7,12H,3,8-9H2,1-2H3,(H,15,18). The first-order valence-electron chi connectivity index (χ1n) is 6.29. The Kier molecular flexibility index (Phi) is 3.65. The van der Waals surface area contributed by atoms with Gasteiger partial charge in [0, 0.05) is 6.54 Å². The molecule has 1 aromatic carbocycles. The quantitative estimate of drug-likeness (QED) is 0.890. The third-order valence-electron chi connectivity index (χ3n) is 3.15. The molecule has 1 fully saturated rings. The molecule has 4 nitrogen and oxygen atoms in total. The van der Waals surface area contributed by atoms with Gasteiger partial charge in [0.15, 0.2) is 0 Å². The van der Waals surface area contributed by atoms with Crippen molar-refractivity contribution in [2.45, 2.75) is 32.7 Å². The van der Waals surface area contributed by atoms with Crippen molar-refractivity contribution < 1.29 is 9.59 Å². The van der Waals surface area contributed by atoms with Crippen LogP contribution in [0.5, 0.6) is 0 Å². The molecule has 3 amide bonds. The fourth-order valence-electron chi connectivity index (χ4n) is 2.13. The summed E-state index contributed by atoms with van der Waals surface area (Å²) in [6.07, 6.45) is 1.13. The molecule has 0 saturated carbocycles. The Morgan fingerprint density at radius 1 is 1.28 bits per heavy atom. The van der Waals surface area contributed by atoms with Gasteiger partial charge < -0.3 is 5.32 Å². The first-order chi connectivity index (χ1) is 8.61. The van der Waals surface area contributed by atoms with Gasteiger partial charge in [-0.05, 0) is 18.9 Å². The van der Waals surface area contributed by atoms with Gasteiger partial charge in [0.25, 0.3) is 0 Å². The van der Waals surface area contributed by atoms with Gasteiger partial charge >= 0.3 is 6.03 Å². The number of imide groups is 1. The van der Waals surface area contributed by atoms with E-state index in [1.54, 1.807) is 0 Å². The normalized spacial score (nSPS) is 19.9. The van der Waals surface area contributed by atoms with Crippen LogP contribution in [0.1, 0.15) is 36.9 Å². The second-order valence-corrected chi connectivity index (χ2v) is 4.66. The minimum atomic E-state index is -0.279. The summed E-state index contributed by atoms with van der Waals surface area (Å²) in [7, 11) is 0. The Hall–Kier alpha value is -1.84. The van der Waals surface area contributed by atoms with Gasteiger partial charge in [-0.15, -0.1) is 0 Å². The van der Waals surface area contributed by atoms with E-state index < -0.39 is 0 Å². The second kappa shape index (κ2) is 5.21. The molecule has 0 aromatic heterocycles. The Bertz CT molecular complexity index is 435. The van der Waals surface area contributed by atoms with Crippen LogP contribution in [0.4, 0.5) is 4.79 Å². The highest BCUT2D eigenvalue weighted by atomic mass is 16.2. The Balaban J connectivity index is 2.12. The van der Waals surface area contributed by atoms with Crippen molar-refractivity contribution in [3.8, 4) is 0 Å². The molecule has 1 aliphatic heterocycles. The Labute approximate surface area is 107 Å². The van der Waals surface area contributed by atoms with Crippen LogP contribution in [-0.2, 0) is 4.79 Å². The predicted molar refractivity (Wildman–Crippen MR) is 69.1 cm³/mol. The van der Waals surface area contributed by atoms with E-state index in [2.05, 4.69) is 5.32 Å². The summed E-state index contributed by atoms with van der Waals surface area (Å²) in [5.74, 6) is -0.0915. The van der Waals surface area contributed by atoms with E-state index in [-0.39, 0.29) is 18.0 Å². The fourth-order valence-corrected chi connectivity index (χ4v) is 2.13. The molecule has 1 unspecified atom stereocenters. The molecule has 0 bridgehead atoms. The molecule has 1 N–H and O–H groups in total. The maximum absolute atomic E-state index is 11.9. The van der Waals surface area contributed by atoms with Crippen LogP contribution in [0.3, 0.4) is 0 Å². The van der Waals surface area contributed by atoms with Crippen molar-refractivity contribution in [2.24, 2.45) is 0 Å². The Morgan fingerprint density at radius 2 is 1.94 bits per heavy atom. The monoisotopic (exact) mass is 246 g/mol. The van der Waals surface area contributed by atoms with E-state index in [1.807, 2.05) is 38.1 Å². The first kappa shape index (κ1) is 12.6. The summed E-state index contributed by atoms with van der Waals surface area (Å²) < 4.78 is 0. The van der Waals surface area contributed by atoms with Crippen LogP contribution in [-0.4, -0.2) is 23.4 Å². The van der Waals surface area contributed by atoms with Crippen molar-refractivity contribution in [3.63, 3.8) is 0 Å². The zero-order valence-corrected chi connectivity index (χ0v) is 10.8. The summed E-state index contributed by atoms with van der Waals surface area (Å²) in [5.41, 5.74) is 2.15. The van der Waals surface area contributed by atoms with Crippen LogP contribution in [0.15, 0.2) is 24.3 Å². The van der Waals surface area contributed by atoms with Crippen molar-refractivity contribution in [1.82, 2.24) is 10.2 Å². The maximum atomic E-state index is 11.9. The number of rotatable bonds is 3. The van der Waals surface area contributed by atoms with Gasteiger partial charge in [-0.2, -0.15) is 0 Å². The number of carbonyl (C=O) groups is 2. The first-order valence-corrected chi connectivity index (χ1v) is 6.29. The number of amides is 3. The topological polar surface area (TPSA) is 49.4 Å². The molecule has 1 saturated heterocycles. The van der Waals surface area contributed by atoms with Gasteiger partial charge in [0.05, 0.1) is 12.5 Å². The van der Waals surface area contributed by atoms with Crippen molar-refractivity contribution in [2.75, 3.05) is 6.54 Å². The number of nitrogens with zero attached hydrogens (tertiary/aromatic N) is 1. The van der Waals surface area contributed by atoms with Crippen molar-refractivity contribution >= 4 is 11.9 Å². The molecule has 2 rings (SSSR count). The molecule has 1 atom stereocenters. The molecule has 1 heterocycles. The van der Waals surface area contributed by atoms with Crippen LogP contribution in [0.25, 0.3) is 0 Å². The highest BCUT2D eigenvalue weighted by Crippen LogP contribution is 2.22. The third kappa shape index (κ3) is 2.53. The number of nitrogens with one attached hydrogen (secondary N) is 1. The lowest BCUT2D eigenvalue weighted by Gasteiger charge is -2.31. The molecule has 0 radical (unpaired) electrons. The van der Waals surface area contributed by atoms with Crippen LogP contribution < -0.4 is 5.32 Å². The summed E-state index contributed by atoms with van der Waals surface area (Å²) >= 11 is 0. The highest BCUT2D eigenvalue weighted by Gasteiger charge is 2.31. The molecular weight excluding hydrogens is 228 g/mol. The molecule has 1 aromatic rings. The van der Waals surface area contributed by atoms with Gasteiger partial charge in [0.1, 0.15) is 0 Å². The number of hydrogen-bond acceptors (Lipinski definition) is 2. The van der Waals surface area contributed by atoms with Crippen LogP contribution in [0, 0.1) is 6.92 Å².